The minimum atomic E-state index is -3.80. The van der Waals surface area contributed by atoms with E-state index in [9.17, 15) is 18.0 Å². The van der Waals surface area contributed by atoms with Crippen molar-refractivity contribution in [3.63, 3.8) is 0 Å². The third-order valence-corrected chi connectivity index (χ3v) is 8.34. The predicted octanol–water partition coefficient (Wildman–Crippen LogP) is 5.08. The van der Waals surface area contributed by atoms with Crippen LogP contribution < -0.4 is 9.62 Å². The maximum absolute atomic E-state index is 14.1. The number of anilines is 1. The molecule has 2 atom stereocenters. The smallest absolute Gasteiger partial charge is 0.244 e. The molecule has 0 bridgehead atoms. The van der Waals surface area contributed by atoms with E-state index >= 15 is 0 Å². The molecular weight excluding hydrogens is 578 g/mol. The third-order valence-electron chi connectivity index (χ3n) is 6.67. The highest BCUT2D eigenvalue weighted by atomic mass is 79.9. The molecule has 0 saturated heterocycles. The Labute approximate surface area is 240 Å². The van der Waals surface area contributed by atoms with Crippen molar-refractivity contribution in [2.24, 2.45) is 0 Å². The summed E-state index contributed by atoms with van der Waals surface area (Å²) in [5.74, 6) is -0.739. The molecule has 0 unspecified atom stereocenters. The molecule has 0 saturated carbocycles. The zero-order chi connectivity index (χ0) is 28.6. The molecular formula is C30H36BrN3O4S. The lowest BCUT2D eigenvalue weighted by atomic mass is 10.0. The third kappa shape index (κ3) is 8.66. The van der Waals surface area contributed by atoms with Gasteiger partial charge in [0.15, 0.2) is 0 Å². The molecule has 3 aromatic carbocycles. The second-order valence-electron chi connectivity index (χ2n) is 9.72. The van der Waals surface area contributed by atoms with Crippen molar-refractivity contribution in [3.05, 3.63) is 100 Å². The van der Waals surface area contributed by atoms with Crippen molar-refractivity contribution in [2.45, 2.75) is 52.2 Å². The van der Waals surface area contributed by atoms with Gasteiger partial charge >= 0.3 is 0 Å². The van der Waals surface area contributed by atoms with Gasteiger partial charge < -0.3 is 10.2 Å². The molecule has 0 aromatic heterocycles. The molecule has 39 heavy (non-hydrogen) atoms. The number of amides is 2. The van der Waals surface area contributed by atoms with Crippen molar-refractivity contribution in [2.75, 3.05) is 17.1 Å². The lowest BCUT2D eigenvalue weighted by Gasteiger charge is -2.34. The largest absolute Gasteiger partial charge is 0.352 e. The van der Waals surface area contributed by atoms with Gasteiger partial charge in [0.1, 0.15) is 12.6 Å². The Morgan fingerprint density at radius 2 is 1.56 bits per heavy atom. The van der Waals surface area contributed by atoms with Gasteiger partial charge in [-0.3, -0.25) is 13.9 Å². The number of aryl methyl sites for hydroxylation is 1. The lowest BCUT2D eigenvalue weighted by Crippen LogP contribution is -2.54. The van der Waals surface area contributed by atoms with Crippen LogP contribution in [-0.4, -0.2) is 50.0 Å². The lowest BCUT2D eigenvalue weighted by molar-refractivity contribution is -0.140. The summed E-state index contributed by atoms with van der Waals surface area (Å²) < 4.78 is 27.5. The summed E-state index contributed by atoms with van der Waals surface area (Å²) in [5, 5.41) is 3.04. The Balaban J connectivity index is 2.06. The highest BCUT2D eigenvalue weighted by molar-refractivity contribution is 9.10. The topological polar surface area (TPSA) is 86.8 Å². The van der Waals surface area contributed by atoms with Gasteiger partial charge in [0.2, 0.25) is 21.8 Å². The van der Waals surface area contributed by atoms with Gasteiger partial charge in [-0.25, -0.2) is 8.42 Å². The SMILES string of the molecule is CC[C@H](C)NC(=O)[C@H](Cc1ccccc1)N(Cc1ccccc1C)C(=O)CN(c1ccc(Br)cc1)S(C)(=O)=O. The van der Waals surface area contributed by atoms with Gasteiger partial charge in [-0.15, -0.1) is 0 Å². The highest BCUT2D eigenvalue weighted by Gasteiger charge is 2.33. The monoisotopic (exact) mass is 613 g/mol. The summed E-state index contributed by atoms with van der Waals surface area (Å²) in [4.78, 5) is 29.3. The van der Waals surface area contributed by atoms with E-state index in [0.717, 1.165) is 38.1 Å². The number of rotatable bonds is 12. The molecule has 3 rings (SSSR count). The van der Waals surface area contributed by atoms with Crippen LogP contribution in [0.15, 0.2) is 83.3 Å². The zero-order valence-corrected chi connectivity index (χ0v) is 25.2. The molecule has 208 valence electrons. The Morgan fingerprint density at radius 1 is 0.949 bits per heavy atom. The number of hydrogen-bond acceptors (Lipinski definition) is 4. The van der Waals surface area contributed by atoms with Crippen molar-refractivity contribution < 1.29 is 18.0 Å². The quantitative estimate of drug-likeness (QED) is 0.309. The van der Waals surface area contributed by atoms with Gasteiger partial charge in [-0.1, -0.05) is 77.5 Å². The first-order chi connectivity index (χ1) is 18.5. The fourth-order valence-electron chi connectivity index (χ4n) is 4.19. The summed E-state index contributed by atoms with van der Waals surface area (Å²) in [6, 6.07) is 23.0. The normalized spacial score (nSPS) is 12.8. The standard InChI is InChI=1S/C30H36BrN3O4S/c1-5-23(3)32-30(36)28(19-24-12-7-6-8-13-24)33(20-25-14-10-9-11-22(25)2)29(35)21-34(39(4,37)38)27-17-15-26(31)16-18-27/h6-18,23,28H,5,19-21H2,1-4H3,(H,32,36)/t23-,28-/m0/s1. The van der Waals surface area contributed by atoms with Crippen LogP contribution in [0.4, 0.5) is 5.69 Å². The van der Waals surface area contributed by atoms with E-state index in [1.54, 1.807) is 24.3 Å². The summed E-state index contributed by atoms with van der Waals surface area (Å²) in [5.41, 5.74) is 3.13. The van der Waals surface area contributed by atoms with Crippen LogP contribution in [0, 0.1) is 6.92 Å². The number of benzene rings is 3. The summed E-state index contributed by atoms with van der Waals surface area (Å²) in [6.07, 6.45) is 2.10. The molecule has 0 radical (unpaired) electrons. The minimum Gasteiger partial charge on any atom is -0.352 e. The molecule has 3 aromatic rings. The van der Waals surface area contributed by atoms with Crippen LogP contribution in [0.1, 0.15) is 37.0 Å². The number of carbonyl (C=O) groups excluding carboxylic acids is 2. The van der Waals surface area contributed by atoms with Gasteiger partial charge in [-0.05, 0) is 61.2 Å². The fourth-order valence-corrected chi connectivity index (χ4v) is 5.30. The molecule has 1 N–H and O–H groups in total. The van der Waals surface area contributed by atoms with Gasteiger partial charge in [-0.2, -0.15) is 0 Å². The number of nitrogens with one attached hydrogen (secondary N) is 1. The van der Waals surface area contributed by atoms with Crippen LogP contribution in [0.25, 0.3) is 0 Å². The first kappa shape index (κ1) is 30.4. The summed E-state index contributed by atoms with van der Waals surface area (Å²) in [6.45, 7) is 5.58. The molecule has 0 heterocycles. The van der Waals surface area contributed by atoms with Crippen molar-refractivity contribution in [3.8, 4) is 0 Å². The number of sulfonamides is 1. The predicted molar refractivity (Wildman–Crippen MR) is 160 cm³/mol. The molecule has 9 heteroatoms. The Kier molecular flexibility index (Phi) is 10.7. The average molecular weight is 615 g/mol. The molecule has 0 spiro atoms. The van der Waals surface area contributed by atoms with Crippen LogP contribution in [0.2, 0.25) is 0 Å². The highest BCUT2D eigenvalue weighted by Crippen LogP contribution is 2.23. The first-order valence-electron chi connectivity index (χ1n) is 12.9. The van der Waals surface area contributed by atoms with Crippen LogP contribution in [0.5, 0.6) is 0 Å². The molecule has 7 nitrogen and oxygen atoms in total. The molecule has 0 aliphatic heterocycles. The van der Waals surface area contributed by atoms with E-state index in [1.165, 1.54) is 4.90 Å². The molecule has 0 fully saturated rings. The van der Waals surface area contributed by atoms with Crippen LogP contribution in [0.3, 0.4) is 0 Å². The van der Waals surface area contributed by atoms with E-state index < -0.39 is 28.5 Å². The Morgan fingerprint density at radius 3 is 2.15 bits per heavy atom. The average Bonchev–Trinajstić information content (AvgIpc) is 2.90. The van der Waals surface area contributed by atoms with E-state index in [-0.39, 0.29) is 24.9 Å². The van der Waals surface area contributed by atoms with Gasteiger partial charge in [0.05, 0.1) is 11.9 Å². The summed E-state index contributed by atoms with van der Waals surface area (Å²) in [7, 11) is -3.80. The molecule has 2 amide bonds. The van der Waals surface area contributed by atoms with Crippen molar-refractivity contribution in [1.29, 1.82) is 0 Å². The summed E-state index contributed by atoms with van der Waals surface area (Å²) >= 11 is 3.37. The van der Waals surface area contributed by atoms with Crippen molar-refractivity contribution >= 4 is 43.5 Å². The Hall–Kier alpha value is -3.17. The van der Waals surface area contributed by atoms with Gasteiger partial charge in [0, 0.05) is 23.5 Å². The maximum Gasteiger partial charge on any atom is 0.244 e. The van der Waals surface area contributed by atoms with E-state index in [1.807, 2.05) is 75.4 Å². The van der Waals surface area contributed by atoms with Gasteiger partial charge in [0.25, 0.3) is 0 Å². The fraction of sp³-hybridized carbons (Fsp3) is 0.333. The van der Waals surface area contributed by atoms with E-state index in [0.29, 0.717) is 5.69 Å². The first-order valence-corrected chi connectivity index (χ1v) is 15.5. The van der Waals surface area contributed by atoms with Crippen molar-refractivity contribution in [1.82, 2.24) is 10.2 Å². The molecule has 0 aliphatic carbocycles. The number of hydrogen-bond donors (Lipinski definition) is 1. The molecule has 0 aliphatic rings. The second kappa shape index (κ2) is 13.8. The number of nitrogens with zero attached hydrogens (tertiary/aromatic N) is 2. The minimum absolute atomic E-state index is 0.0820. The Bertz CT molecular complexity index is 1360. The second-order valence-corrected chi connectivity index (χ2v) is 12.5. The van der Waals surface area contributed by atoms with Crippen LogP contribution in [-0.2, 0) is 32.6 Å². The maximum atomic E-state index is 14.1. The van der Waals surface area contributed by atoms with E-state index in [4.69, 9.17) is 0 Å². The van der Waals surface area contributed by atoms with E-state index in [2.05, 4.69) is 21.2 Å². The van der Waals surface area contributed by atoms with Crippen LogP contribution >= 0.6 is 15.9 Å². The number of carbonyl (C=O) groups is 2. The zero-order valence-electron chi connectivity index (χ0n) is 22.8. The number of halogens is 1.